The molecule has 1 fully saturated rings. The second-order valence-corrected chi connectivity index (χ2v) is 7.44. The summed E-state index contributed by atoms with van der Waals surface area (Å²) in [4.78, 5) is 2.55. The van der Waals surface area contributed by atoms with Crippen molar-refractivity contribution >= 4 is 27.5 Å². The van der Waals surface area contributed by atoms with Gasteiger partial charge in [0.1, 0.15) is 0 Å². The molecule has 0 spiro atoms. The minimum absolute atomic E-state index is 0.251. The SMILES string of the molecule is CC1CC(C)C(C)N(C(CN)c2ccc(Br)c(Cl)c2)C1. The molecule has 112 valence electrons. The third kappa shape index (κ3) is 3.38. The third-order valence-electron chi connectivity index (χ3n) is 4.60. The van der Waals surface area contributed by atoms with Gasteiger partial charge in [-0.2, -0.15) is 0 Å². The Bertz CT molecular complexity index is 466. The Morgan fingerprint density at radius 3 is 2.70 bits per heavy atom. The number of nitrogens with two attached hydrogens (primary N) is 1. The third-order valence-corrected chi connectivity index (χ3v) is 5.83. The standard InChI is InChI=1S/C16H24BrClN2/c1-10-6-11(2)12(3)20(9-10)16(8-19)13-4-5-14(17)15(18)7-13/h4-5,7,10-12,16H,6,8-9,19H2,1-3H3. The van der Waals surface area contributed by atoms with E-state index >= 15 is 0 Å². The first-order valence-electron chi connectivity index (χ1n) is 7.34. The minimum Gasteiger partial charge on any atom is -0.329 e. The molecule has 1 saturated heterocycles. The fraction of sp³-hybridized carbons (Fsp3) is 0.625. The van der Waals surface area contributed by atoms with Crippen molar-refractivity contribution in [3.8, 4) is 0 Å². The van der Waals surface area contributed by atoms with Gasteiger partial charge in [0.05, 0.1) is 5.02 Å². The number of hydrogen-bond acceptors (Lipinski definition) is 2. The summed E-state index contributed by atoms with van der Waals surface area (Å²) >= 11 is 9.69. The average Bonchev–Trinajstić information content (AvgIpc) is 2.40. The van der Waals surface area contributed by atoms with Crippen molar-refractivity contribution in [1.29, 1.82) is 0 Å². The molecule has 1 aromatic carbocycles. The highest BCUT2D eigenvalue weighted by molar-refractivity contribution is 9.10. The van der Waals surface area contributed by atoms with Crippen LogP contribution in [0.4, 0.5) is 0 Å². The second kappa shape index (κ2) is 6.78. The summed E-state index contributed by atoms with van der Waals surface area (Å²) in [5.74, 6) is 1.43. The largest absolute Gasteiger partial charge is 0.329 e. The molecule has 1 aromatic rings. The number of rotatable bonds is 3. The predicted octanol–water partition coefficient (Wildman–Crippen LogP) is 4.47. The van der Waals surface area contributed by atoms with Crippen molar-refractivity contribution in [3.05, 3.63) is 33.3 Å². The minimum atomic E-state index is 0.251. The van der Waals surface area contributed by atoms with E-state index in [0.29, 0.717) is 18.5 Å². The fourth-order valence-corrected chi connectivity index (χ4v) is 3.79. The number of likely N-dealkylation sites (tertiary alicyclic amines) is 1. The van der Waals surface area contributed by atoms with E-state index in [1.807, 2.05) is 12.1 Å². The van der Waals surface area contributed by atoms with Crippen LogP contribution in [0.25, 0.3) is 0 Å². The Morgan fingerprint density at radius 1 is 1.40 bits per heavy atom. The summed E-state index contributed by atoms with van der Waals surface area (Å²) in [6, 6.07) is 6.99. The smallest absolute Gasteiger partial charge is 0.0551 e. The lowest BCUT2D eigenvalue weighted by Gasteiger charge is -2.45. The lowest BCUT2D eigenvalue weighted by atomic mass is 9.84. The maximum Gasteiger partial charge on any atom is 0.0551 e. The highest BCUT2D eigenvalue weighted by atomic mass is 79.9. The summed E-state index contributed by atoms with van der Waals surface area (Å²) in [5, 5.41) is 0.756. The molecule has 0 saturated carbocycles. The van der Waals surface area contributed by atoms with Gasteiger partial charge in [-0.3, -0.25) is 4.90 Å². The van der Waals surface area contributed by atoms with Crippen molar-refractivity contribution in [2.45, 2.75) is 39.3 Å². The topological polar surface area (TPSA) is 29.3 Å². The molecule has 0 aliphatic carbocycles. The normalized spacial score (nSPS) is 29.4. The summed E-state index contributed by atoms with van der Waals surface area (Å²) in [6.45, 7) is 8.73. The van der Waals surface area contributed by atoms with Crippen LogP contribution in [-0.2, 0) is 0 Å². The quantitative estimate of drug-likeness (QED) is 0.863. The first kappa shape index (κ1) is 16.3. The van der Waals surface area contributed by atoms with E-state index in [1.165, 1.54) is 12.0 Å². The Kier molecular flexibility index (Phi) is 5.52. The van der Waals surface area contributed by atoms with Crippen molar-refractivity contribution < 1.29 is 0 Å². The lowest BCUT2D eigenvalue weighted by molar-refractivity contribution is 0.0424. The Hall–Kier alpha value is -0.0900. The number of benzene rings is 1. The number of hydrogen-bond donors (Lipinski definition) is 1. The van der Waals surface area contributed by atoms with Crippen LogP contribution in [0.15, 0.2) is 22.7 Å². The first-order valence-corrected chi connectivity index (χ1v) is 8.51. The van der Waals surface area contributed by atoms with Gasteiger partial charge in [-0.15, -0.1) is 0 Å². The van der Waals surface area contributed by atoms with Gasteiger partial charge in [-0.05, 0) is 58.8 Å². The molecule has 1 aliphatic rings. The molecule has 0 aromatic heterocycles. The van der Waals surface area contributed by atoms with Gasteiger partial charge in [0.25, 0.3) is 0 Å². The van der Waals surface area contributed by atoms with Gasteiger partial charge in [-0.1, -0.05) is 31.5 Å². The van der Waals surface area contributed by atoms with Crippen LogP contribution < -0.4 is 5.73 Å². The maximum absolute atomic E-state index is 6.24. The Morgan fingerprint density at radius 2 is 2.10 bits per heavy atom. The van der Waals surface area contributed by atoms with Crippen LogP contribution in [0.5, 0.6) is 0 Å². The zero-order valence-electron chi connectivity index (χ0n) is 12.4. The molecule has 4 heteroatoms. The summed E-state index contributed by atoms with van der Waals surface area (Å²) in [7, 11) is 0. The van der Waals surface area contributed by atoms with E-state index in [4.69, 9.17) is 17.3 Å². The molecule has 0 bridgehead atoms. The van der Waals surface area contributed by atoms with E-state index < -0.39 is 0 Å². The van der Waals surface area contributed by atoms with E-state index in [0.717, 1.165) is 22.0 Å². The van der Waals surface area contributed by atoms with Crippen LogP contribution in [0, 0.1) is 11.8 Å². The van der Waals surface area contributed by atoms with Crippen LogP contribution in [0.2, 0.25) is 5.02 Å². The fourth-order valence-electron chi connectivity index (χ4n) is 3.35. The van der Waals surface area contributed by atoms with E-state index in [1.54, 1.807) is 0 Å². The van der Waals surface area contributed by atoms with E-state index in [9.17, 15) is 0 Å². The summed E-state index contributed by atoms with van der Waals surface area (Å²) in [5.41, 5.74) is 7.30. The van der Waals surface area contributed by atoms with Crippen molar-refractivity contribution in [2.24, 2.45) is 17.6 Å². The maximum atomic E-state index is 6.24. The molecule has 2 rings (SSSR count). The van der Waals surface area contributed by atoms with Gasteiger partial charge < -0.3 is 5.73 Å². The lowest BCUT2D eigenvalue weighted by Crippen LogP contribution is -2.49. The number of nitrogens with zero attached hydrogens (tertiary/aromatic N) is 1. The zero-order chi connectivity index (χ0) is 14.9. The van der Waals surface area contributed by atoms with Gasteiger partial charge >= 0.3 is 0 Å². The van der Waals surface area contributed by atoms with Crippen molar-refractivity contribution in [1.82, 2.24) is 4.90 Å². The van der Waals surface area contributed by atoms with Gasteiger partial charge in [0.15, 0.2) is 0 Å². The molecule has 0 radical (unpaired) electrons. The zero-order valence-corrected chi connectivity index (χ0v) is 14.8. The van der Waals surface area contributed by atoms with Crippen molar-refractivity contribution in [2.75, 3.05) is 13.1 Å². The highest BCUT2D eigenvalue weighted by Crippen LogP contribution is 2.35. The molecule has 1 aliphatic heterocycles. The van der Waals surface area contributed by atoms with Gasteiger partial charge in [0, 0.05) is 29.6 Å². The molecule has 4 atom stereocenters. The van der Waals surface area contributed by atoms with Gasteiger partial charge in [-0.25, -0.2) is 0 Å². The van der Waals surface area contributed by atoms with Crippen LogP contribution in [-0.4, -0.2) is 24.0 Å². The average molecular weight is 360 g/mol. The molecule has 0 amide bonds. The molecule has 2 N–H and O–H groups in total. The Labute approximate surface area is 135 Å². The first-order chi connectivity index (χ1) is 9.43. The molecule has 1 heterocycles. The molecule has 4 unspecified atom stereocenters. The van der Waals surface area contributed by atoms with Crippen molar-refractivity contribution in [3.63, 3.8) is 0 Å². The number of halogens is 2. The van der Waals surface area contributed by atoms with Crippen LogP contribution in [0.1, 0.15) is 38.8 Å². The molecular formula is C16H24BrClN2. The summed E-state index contributed by atoms with van der Waals surface area (Å²) in [6.07, 6.45) is 1.30. The van der Waals surface area contributed by atoms with E-state index in [-0.39, 0.29) is 6.04 Å². The molecule has 2 nitrogen and oxygen atoms in total. The predicted molar refractivity (Wildman–Crippen MR) is 90.1 cm³/mol. The highest BCUT2D eigenvalue weighted by Gasteiger charge is 2.33. The van der Waals surface area contributed by atoms with Crippen LogP contribution in [0.3, 0.4) is 0 Å². The number of piperidine rings is 1. The monoisotopic (exact) mass is 358 g/mol. The Balaban J connectivity index is 2.28. The molecular weight excluding hydrogens is 336 g/mol. The second-order valence-electron chi connectivity index (χ2n) is 6.18. The van der Waals surface area contributed by atoms with E-state index in [2.05, 4.69) is 47.7 Å². The van der Waals surface area contributed by atoms with Gasteiger partial charge in [0.2, 0.25) is 0 Å². The molecule has 20 heavy (non-hydrogen) atoms. The van der Waals surface area contributed by atoms with Crippen LogP contribution >= 0.6 is 27.5 Å². The summed E-state index contributed by atoms with van der Waals surface area (Å²) < 4.78 is 0.937.